The molecule has 0 saturated heterocycles. The Hall–Kier alpha value is -1.50. The molecule has 0 amide bonds. The summed E-state index contributed by atoms with van der Waals surface area (Å²) in [7, 11) is 0. The fourth-order valence-electron chi connectivity index (χ4n) is 0.489. The van der Waals surface area contributed by atoms with Gasteiger partial charge in [-0.1, -0.05) is 0 Å². The molecule has 1 rings (SSSR count). The van der Waals surface area contributed by atoms with Gasteiger partial charge in [0.1, 0.15) is 0 Å². The van der Waals surface area contributed by atoms with Crippen LogP contribution in [0.4, 0.5) is 0 Å². The predicted octanol–water partition coefficient (Wildman–Crippen LogP) is 0.0340. The smallest absolute Gasteiger partial charge is 0.339 e. The number of rotatable bonds is 1. The Kier molecular flexibility index (Phi) is 1.36. The van der Waals surface area contributed by atoms with E-state index in [-0.39, 0.29) is 6.42 Å². The average molecular weight is 124 g/mol. The summed E-state index contributed by atoms with van der Waals surface area (Å²) in [5.74, 6) is 0. The van der Waals surface area contributed by atoms with Gasteiger partial charge in [0.25, 0.3) is 0 Å². The van der Waals surface area contributed by atoms with E-state index in [1.54, 1.807) is 0 Å². The zero-order chi connectivity index (χ0) is 6.69. The summed E-state index contributed by atoms with van der Waals surface area (Å²) < 4.78 is 4.29. The minimum atomic E-state index is -0.444. The van der Waals surface area contributed by atoms with E-state index in [2.05, 4.69) is 9.68 Å². The van der Waals surface area contributed by atoms with Gasteiger partial charge < -0.3 is 4.52 Å². The van der Waals surface area contributed by atoms with Crippen molar-refractivity contribution in [2.45, 2.75) is 6.42 Å². The van der Waals surface area contributed by atoms with Crippen LogP contribution in [0, 0.1) is 11.3 Å². The molecule has 1 N–H and O–H groups in total. The lowest BCUT2D eigenvalue weighted by molar-refractivity contribution is 0.386. The summed E-state index contributed by atoms with van der Waals surface area (Å²) in [5, 5.41) is 10.4. The van der Waals surface area contributed by atoms with Gasteiger partial charge in [-0.15, -0.1) is 0 Å². The maximum atomic E-state index is 10.3. The highest BCUT2D eigenvalue weighted by molar-refractivity contribution is 5.01. The summed E-state index contributed by atoms with van der Waals surface area (Å²) >= 11 is 0. The first-order valence-electron chi connectivity index (χ1n) is 2.37. The van der Waals surface area contributed by atoms with Crippen molar-refractivity contribution >= 4 is 0 Å². The zero-order valence-electron chi connectivity index (χ0n) is 4.55. The molecule has 9 heavy (non-hydrogen) atoms. The molecule has 0 aliphatic heterocycles. The van der Waals surface area contributed by atoms with Gasteiger partial charge in [-0.05, 0) is 0 Å². The van der Waals surface area contributed by atoms with Crippen LogP contribution >= 0.6 is 0 Å². The number of nitrogens with one attached hydrogen (secondary N) is 1. The number of aromatic nitrogens is 1. The maximum absolute atomic E-state index is 10.3. The summed E-state index contributed by atoms with van der Waals surface area (Å²) in [6.07, 6.45) is 0.186. The van der Waals surface area contributed by atoms with Crippen molar-refractivity contribution < 1.29 is 4.52 Å². The van der Waals surface area contributed by atoms with Crippen LogP contribution in [0.25, 0.3) is 0 Å². The second-order valence-corrected chi connectivity index (χ2v) is 1.53. The lowest BCUT2D eigenvalue weighted by Crippen LogP contribution is -1.86. The van der Waals surface area contributed by atoms with Gasteiger partial charge in [0, 0.05) is 6.07 Å². The monoisotopic (exact) mass is 124 g/mol. The number of nitrogens with zero attached hydrogens (tertiary/aromatic N) is 1. The van der Waals surface area contributed by atoms with Crippen molar-refractivity contribution in [3.05, 3.63) is 22.2 Å². The van der Waals surface area contributed by atoms with E-state index in [9.17, 15) is 4.79 Å². The highest BCUT2D eigenvalue weighted by atomic mass is 16.5. The standard InChI is InChI=1S/C5H4N2O2/c6-2-1-4-3-5(8)9-7-4/h3,7H,1H2. The molecule has 46 valence electrons. The second-order valence-electron chi connectivity index (χ2n) is 1.53. The van der Waals surface area contributed by atoms with E-state index in [0.29, 0.717) is 5.69 Å². The Bertz CT molecular complexity index is 278. The maximum Gasteiger partial charge on any atom is 0.357 e. The predicted molar refractivity (Wildman–Crippen MR) is 28.6 cm³/mol. The Balaban J connectivity index is 2.88. The van der Waals surface area contributed by atoms with Gasteiger partial charge in [0.15, 0.2) is 0 Å². The third kappa shape index (κ3) is 1.19. The summed E-state index contributed by atoms with van der Waals surface area (Å²) in [6, 6.07) is 3.12. The molecule has 0 bridgehead atoms. The molecule has 1 heterocycles. The van der Waals surface area contributed by atoms with Crippen LogP contribution < -0.4 is 5.63 Å². The van der Waals surface area contributed by atoms with Gasteiger partial charge in [0.05, 0.1) is 18.2 Å². The van der Waals surface area contributed by atoms with Crippen molar-refractivity contribution in [3.63, 3.8) is 0 Å². The van der Waals surface area contributed by atoms with Crippen LogP contribution in [-0.2, 0) is 6.42 Å². The molecule has 1 aromatic heterocycles. The van der Waals surface area contributed by atoms with E-state index in [1.165, 1.54) is 6.07 Å². The summed E-state index contributed by atoms with van der Waals surface area (Å²) in [4.78, 5) is 10.3. The van der Waals surface area contributed by atoms with Gasteiger partial charge >= 0.3 is 5.63 Å². The lowest BCUT2D eigenvalue weighted by Gasteiger charge is -1.75. The minimum Gasteiger partial charge on any atom is -0.339 e. The van der Waals surface area contributed by atoms with Crippen LogP contribution in [0.15, 0.2) is 15.4 Å². The van der Waals surface area contributed by atoms with E-state index < -0.39 is 5.63 Å². The van der Waals surface area contributed by atoms with Crippen LogP contribution in [-0.4, -0.2) is 5.16 Å². The third-order valence-corrected chi connectivity index (χ3v) is 0.844. The summed E-state index contributed by atoms with van der Waals surface area (Å²) in [5.41, 5.74) is 0.0720. The van der Waals surface area contributed by atoms with E-state index in [1.807, 2.05) is 6.07 Å². The Morgan fingerprint density at radius 2 is 2.67 bits per heavy atom. The molecule has 4 nitrogen and oxygen atoms in total. The first kappa shape index (κ1) is 5.63. The number of aromatic amines is 1. The third-order valence-electron chi connectivity index (χ3n) is 0.844. The number of H-pyrrole nitrogens is 1. The van der Waals surface area contributed by atoms with Gasteiger partial charge in [0.2, 0.25) is 0 Å². The largest absolute Gasteiger partial charge is 0.357 e. The highest BCUT2D eigenvalue weighted by Gasteiger charge is 1.94. The average Bonchev–Trinajstić information content (AvgIpc) is 2.17. The van der Waals surface area contributed by atoms with E-state index in [4.69, 9.17) is 5.26 Å². The molecule has 0 atom stereocenters. The van der Waals surface area contributed by atoms with Crippen LogP contribution in [0.5, 0.6) is 0 Å². The van der Waals surface area contributed by atoms with Crippen molar-refractivity contribution in [2.24, 2.45) is 0 Å². The van der Waals surface area contributed by atoms with E-state index in [0.717, 1.165) is 0 Å². The van der Waals surface area contributed by atoms with Crippen molar-refractivity contribution in [1.29, 1.82) is 5.26 Å². The topological polar surface area (TPSA) is 69.8 Å². The molecule has 4 heteroatoms. The zero-order valence-corrected chi connectivity index (χ0v) is 4.55. The molecule has 0 saturated carbocycles. The first-order valence-corrected chi connectivity index (χ1v) is 2.37. The van der Waals surface area contributed by atoms with Crippen molar-refractivity contribution in [3.8, 4) is 6.07 Å². The second kappa shape index (κ2) is 2.18. The molecule has 0 spiro atoms. The van der Waals surface area contributed by atoms with Gasteiger partial charge in [-0.25, -0.2) is 9.95 Å². The highest BCUT2D eigenvalue weighted by Crippen LogP contribution is 1.87. The SMILES string of the molecule is N#CCc1cc(=O)o[nH]1. The molecule has 0 fully saturated rings. The fraction of sp³-hybridized carbons (Fsp3) is 0.200. The Morgan fingerprint density at radius 1 is 1.89 bits per heavy atom. The first-order chi connectivity index (χ1) is 4.33. The fourth-order valence-corrected chi connectivity index (χ4v) is 0.489. The van der Waals surface area contributed by atoms with Crippen LogP contribution in [0.3, 0.4) is 0 Å². The summed E-state index contributed by atoms with van der Waals surface area (Å²) in [6.45, 7) is 0. The molecular weight excluding hydrogens is 120 g/mol. The molecule has 0 aromatic carbocycles. The number of nitriles is 1. The number of hydrogen-bond donors (Lipinski definition) is 1. The molecule has 0 aliphatic rings. The van der Waals surface area contributed by atoms with Crippen LogP contribution in [0.2, 0.25) is 0 Å². The van der Waals surface area contributed by atoms with E-state index >= 15 is 0 Å². The molecular formula is C5H4N2O2. The minimum absolute atomic E-state index is 0.186. The Labute approximate surface area is 50.7 Å². The number of hydrogen-bond acceptors (Lipinski definition) is 3. The lowest BCUT2D eigenvalue weighted by atomic mass is 10.3. The van der Waals surface area contributed by atoms with Crippen LogP contribution in [0.1, 0.15) is 5.69 Å². The van der Waals surface area contributed by atoms with Gasteiger partial charge in [-0.3, -0.25) is 0 Å². The quantitative estimate of drug-likeness (QED) is 0.574. The molecule has 0 unspecified atom stereocenters. The van der Waals surface area contributed by atoms with Crippen molar-refractivity contribution in [1.82, 2.24) is 5.16 Å². The van der Waals surface area contributed by atoms with Gasteiger partial charge in [-0.2, -0.15) is 5.26 Å². The normalized spacial score (nSPS) is 8.78. The molecule has 1 aromatic rings. The van der Waals surface area contributed by atoms with Crippen molar-refractivity contribution in [2.75, 3.05) is 0 Å². The molecule has 0 radical (unpaired) electrons. The molecule has 0 aliphatic carbocycles. The Morgan fingerprint density at radius 3 is 3.11 bits per heavy atom.